The second-order valence-corrected chi connectivity index (χ2v) is 6.77. The van der Waals surface area contributed by atoms with Crippen LogP contribution in [0.5, 0.6) is 0 Å². The SMILES string of the molecule is C[C@@H](C[C@H](O)c1ccccc1)NC(=O)c1ccc2c(c1)CCNCC2. The zero-order valence-corrected chi connectivity index (χ0v) is 14.7. The second-order valence-electron chi connectivity index (χ2n) is 6.77. The number of aliphatic hydroxyl groups is 1. The zero-order valence-electron chi connectivity index (χ0n) is 14.7. The van der Waals surface area contributed by atoms with E-state index in [0.717, 1.165) is 31.5 Å². The van der Waals surface area contributed by atoms with E-state index in [1.807, 2.05) is 49.4 Å². The molecule has 4 nitrogen and oxygen atoms in total. The molecule has 25 heavy (non-hydrogen) atoms. The average Bonchev–Trinajstić information content (AvgIpc) is 2.87. The molecule has 1 aliphatic heterocycles. The van der Waals surface area contributed by atoms with Crippen molar-refractivity contribution in [3.8, 4) is 0 Å². The van der Waals surface area contributed by atoms with Gasteiger partial charge in [-0.3, -0.25) is 4.79 Å². The van der Waals surface area contributed by atoms with Gasteiger partial charge in [-0.25, -0.2) is 0 Å². The van der Waals surface area contributed by atoms with E-state index in [9.17, 15) is 9.90 Å². The molecule has 2 aromatic carbocycles. The largest absolute Gasteiger partial charge is 0.388 e. The summed E-state index contributed by atoms with van der Waals surface area (Å²) < 4.78 is 0. The van der Waals surface area contributed by atoms with Gasteiger partial charge in [0.05, 0.1) is 6.10 Å². The summed E-state index contributed by atoms with van der Waals surface area (Å²) in [5, 5.41) is 16.7. The van der Waals surface area contributed by atoms with Crippen LogP contribution in [0.2, 0.25) is 0 Å². The summed E-state index contributed by atoms with van der Waals surface area (Å²) in [5.41, 5.74) is 4.16. The van der Waals surface area contributed by atoms with Gasteiger partial charge in [0.2, 0.25) is 0 Å². The van der Waals surface area contributed by atoms with Crippen molar-refractivity contribution in [2.45, 2.75) is 38.3 Å². The summed E-state index contributed by atoms with van der Waals surface area (Å²) in [5.74, 6) is -0.0761. The number of carbonyl (C=O) groups excluding carboxylic acids is 1. The molecule has 1 heterocycles. The van der Waals surface area contributed by atoms with Crippen LogP contribution < -0.4 is 10.6 Å². The fourth-order valence-corrected chi connectivity index (χ4v) is 3.33. The molecule has 0 aromatic heterocycles. The van der Waals surface area contributed by atoms with Crippen molar-refractivity contribution in [1.82, 2.24) is 10.6 Å². The Morgan fingerprint density at radius 3 is 2.60 bits per heavy atom. The monoisotopic (exact) mass is 338 g/mol. The number of hydrogen-bond acceptors (Lipinski definition) is 3. The molecule has 132 valence electrons. The maximum Gasteiger partial charge on any atom is 0.251 e. The van der Waals surface area contributed by atoms with Gasteiger partial charge in [0.15, 0.2) is 0 Å². The Morgan fingerprint density at radius 2 is 1.84 bits per heavy atom. The van der Waals surface area contributed by atoms with E-state index in [1.54, 1.807) is 0 Å². The van der Waals surface area contributed by atoms with Crippen LogP contribution in [-0.2, 0) is 12.8 Å². The Hall–Kier alpha value is -2.17. The maximum absolute atomic E-state index is 12.5. The van der Waals surface area contributed by atoms with E-state index < -0.39 is 6.10 Å². The van der Waals surface area contributed by atoms with Crippen molar-refractivity contribution in [2.24, 2.45) is 0 Å². The molecule has 0 bridgehead atoms. The smallest absolute Gasteiger partial charge is 0.251 e. The van der Waals surface area contributed by atoms with Crippen molar-refractivity contribution in [2.75, 3.05) is 13.1 Å². The van der Waals surface area contributed by atoms with Gasteiger partial charge in [-0.15, -0.1) is 0 Å². The lowest BCUT2D eigenvalue weighted by atomic mass is 9.99. The number of aliphatic hydroxyl groups excluding tert-OH is 1. The molecule has 0 spiro atoms. The predicted octanol–water partition coefficient (Wildman–Crippen LogP) is 2.62. The first-order valence-electron chi connectivity index (χ1n) is 9.00. The fourth-order valence-electron chi connectivity index (χ4n) is 3.33. The highest BCUT2D eigenvalue weighted by Crippen LogP contribution is 2.19. The Balaban J connectivity index is 1.61. The van der Waals surface area contributed by atoms with Crippen molar-refractivity contribution in [3.05, 3.63) is 70.8 Å². The first-order chi connectivity index (χ1) is 12.1. The fraction of sp³-hybridized carbons (Fsp3) is 0.381. The molecule has 0 unspecified atom stereocenters. The minimum absolute atomic E-state index is 0.0761. The van der Waals surface area contributed by atoms with Crippen molar-refractivity contribution < 1.29 is 9.90 Å². The molecule has 0 radical (unpaired) electrons. The molecule has 3 rings (SSSR count). The van der Waals surface area contributed by atoms with Crippen molar-refractivity contribution in [1.29, 1.82) is 0 Å². The third-order valence-corrected chi connectivity index (χ3v) is 4.75. The minimum Gasteiger partial charge on any atom is -0.388 e. The zero-order chi connectivity index (χ0) is 17.6. The Kier molecular flexibility index (Phi) is 5.84. The molecule has 2 atom stereocenters. The number of hydrogen-bond donors (Lipinski definition) is 3. The minimum atomic E-state index is -0.574. The topological polar surface area (TPSA) is 61.4 Å². The van der Waals surface area contributed by atoms with Crippen LogP contribution in [0, 0.1) is 0 Å². The standard InChI is InChI=1S/C21H26N2O2/c1-15(13-20(24)17-5-3-2-4-6-17)23-21(25)19-8-7-16-9-11-22-12-10-18(16)14-19/h2-8,14-15,20,22,24H,9-13H2,1H3,(H,23,25)/t15-,20-/m0/s1. The van der Waals surface area contributed by atoms with E-state index in [0.29, 0.717) is 12.0 Å². The molecule has 0 aliphatic carbocycles. The second kappa shape index (κ2) is 8.28. The van der Waals surface area contributed by atoms with Gasteiger partial charge >= 0.3 is 0 Å². The highest BCUT2D eigenvalue weighted by Gasteiger charge is 2.16. The normalized spacial score (nSPS) is 16.4. The molecule has 4 heteroatoms. The summed E-state index contributed by atoms with van der Waals surface area (Å²) in [7, 11) is 0. The van der Waals surface area contributed by atoms with E-state index in [1.165, 1.54) is 11.1 Å². The van der Waals surface area contributed by atoms with Gasteiger partial charge in [-0.05, 0) is 68.1 Å². The lowest BCUT2D eigenvalue weighted by molar-refractivity contribution is 0.0917. The van der Waals surface area contributed by atoms with Crippen LogP contribution in [0.25, 0.3) is 0 Å². The lowest BCUT2D eigenvalue weighted by Gasteiger charge is -2.18. The summed E-state index contributed by atoms with van der Waals surface area (Å²) >= 11 is 0. The van der Waals surface area contributed by atoms with Crippen LogP contribution >= 0.6 is 0 Å². The lowest BCUT2D eigenvalue weighted by Crippen LogP contribution is -2.33. The van der Waals surface area contributed by atoms with Gasteiger partial charge in [-0.1, -0.05) is 36.4 Å². The number of rotatable bonds is 5. The number of benzene rings is 2. The van der Waals surface area contributed by atoms with Crippen LogP contribution in [0.3, 0.4) is 0 Å². The van der Waals surface area contributed by atoms with E-state index >= 15 is 0 Å². The molecule has 3 N–H and O–H groups in total. The van der Waals surface area contributed by atoms with Gasteiger partial charge in [0, 0.05) is 11.6 Å². The van der Waals surface area contributed by atoms with Crippen LogP contribution in [0.15, 0.2) is 48.5 Å². The highest BCUT2D eigenvalue weighted by molar-refractivity contribution is 5.94. The van der Waals surface area contributed by atoms with Gasteiger partial charge in [0.25, 0.3) is 5.91 Å². The maximum atomic E-state index is 12.5. The Bertz CT molecular complexity index is 715. The van der Waals surface area contributed by atoms with Crippen molar-refractivity contribution in [3.63, 3.8) is 0 Å². The summed E-state index contributed by atoms with van der Waals surface area (Å²) in [6, 6.07) is 15.4. The summed E-state index contributed by atoms with van der Waals surface area (Å²) in [6.45, 7) is 3.88. The first-order valence-corrected chi connectivity index (χ1v) is 9.00. The van der Waals surface area contributed by atoms with Crippen molar-refractivity contribution >= 4 is 5.91 Å². The first kappa shape index (κ1) is 17.6. The summed E-state index contributed by atoms with van der Waals surface area (Å²) in [4.78, 5) is 12.5. The van der Waals surface area contributed by atoms with Crippen LogP contribution in [0.1, 0.15) is 46.5 Å². The third kappa shape index (κ3) is 4.68. The number of carbonyl (C=O) groups is 1. The molecule has 0 saturated heterocycles. The number of nitrogens with one attached hydrogen (secondary N) is 2. The number of fused-ring (bicyclic) bond motifs is 1. The Labute approximate surface area is 149 Å². The molecular weight excluding hydrogens is 312 g/mol. The molecule has 0 saturated carbocycles. The van der Waals surface area contributed by atoms with E-state index in [2.05, 4.69) is 16.7 Å². The Morgan fingerprint density at radius 1 is 1.12 bits per heavy atom. The third-order valence-electron chi connectivity index (χ3n) is 4.75. The molecule has 1 aliphatic rings. The molecule has 2 aromatic rings. The van der Waals surface area contributed by atoms with E-state index in [4.69, 9.17) is 0 Å². The van der Waals surface area contributed by atoms with Gasteiger partial charge in [0.1, 0.15) is 0 Å². The van der Waals surface area contributed by atoms with E-state index in [-0.39, 0.29) is 11.9 Å². The molecule has 0 fully saturated rings. The number of amides is 1. The van der Waals surface area contributed by atoms with Gasteiger partial charge in [-0.2, -0.15) is 0 Å². The van der Waals surface area contributed by atoms with Crippen LogP contribution in [-0.4, -0.2) is 30.1 Å². The van der Waals surface area contributed by atoms with Gasteiger partial charge < -0.3 is 15.7 Å². The summed E-state index contributed by atoms with van der Waals surface area (Å²) in [6.07, 6.45) is 1.88. The highest BCUT2D eigenvalue weighted by atomic mass is 16.3. The quantitative estimate of drug-likeness (QED) is 0.785. The molecule has 1 amide bonds. The molecular formula is C21H26N2O2. The van der Waals surface area contributed by atoms with Crippen LogP contribution in [0.4, 0.5) is 0 Å². The predicted molar refractivity (Wildman–Crippen MR) is 99.7 cm³/mol. The average molecular weight is 338 g/mol.